The van der Waals surface area contributed by atoms with Crippen molar-refractivity contribution in [3.63, 3.8) is 0 Å². The Balaban J connectivity index is 2.41. The molecule has 0 aromatic rings. The first-order valence-corrected chi connectivity index (χ1v) is 6.45. The fraction of sp³-hybridized carbons (Fsp3) is 0.818. The van der Waals surface area contributed by atoms with Crippen LogP contribution in [0.25, 0.3) is 0 Å². The average Bonchev–Trinajstić information content (AvgIpc) is 2.29. The van der Waals surface area contributed by atoms with Gasteiger partial charge in [0.25, 0.3) is 0 Å². The number of nitrogens with one attached hydrogen (secondary N) is 2. The van der Waals surface area contributed by atoms with E-state index in [1.54, 1.807) is 0 Å². The summed E-state index contributed by atoms with van der Waals surface area (Å²) in [7, 11) is 0. The van der Waals surface area contributed by atoms with E-state index in [2.05, 4.69) is 10.6 Å². The third-order valence-electron chi connectivity index (χ3n) is 2.98. The molecule has 98 valence electrons. The van der Waals surface area contributed by atoms with Gasteiger partial charge in [0, 0.05) is 12.3 Å². The Morgan fingerprint density at radius 3 is 2.59 bits per heavy atom. The number of amides is 1. The summed E-state index contributed by atoms with van der Waals surface area (Å²) in [5.74, 6) is -0.674. The molecule has 0 bridgehead atoms. The van der Waals surface area contributed by atoms with E-state index in [4.69, 9.17) is 16.7 Å². The van der Waals surface area contributed by atoms with Gasteiger partial charge in [-0.3, -0.25) is 4.79 Å². The van der Waals surface area contributed by atoms with Crippen LogP contribution in [0.3, 0.4) is 0 Å². The zero-order valence-electron chi connectivity index (χ0n) is 9.75. The monoisotopic (exact) mass is 262 g/mol. The van der Waals surface area contributed by atoms with E-state index < -0.39 is 12.0 Å². The minimum Gasteiger partial charge on any atom is -0.480 e. The Morgan fingerprint density at radius 1 is 1.41 bits per heavy atom. The number of alkyl halides is 1. The van der Waals surface area contributed by atoms with Gasteiger partial charge >= 0.3 is 5.97 Å². The third-order valence-corrected chi connectivity index (χ3v) is 3.17. The SMILES string of the molecule is O=C(CCCl)NC(CC1CCNCC1)C(=O)O. The maximum absolute atomic E-state index is 11.3. The highest BCUT2D eigenvalue weighted by Gasteiger charge is 2.24. The number of aliphatic carboxylic acids is 1. The van der Waals surface area contributed by atoms with Gasteiger partial charge in [0.1, 0.15) is 6.04 Å². The van der Waals surface area contributed by atoms with Crippen molar-refractivity contribution in [1.29, 1.82) is 0 Å². The summed E-state index contributed by atoms with van der Waals surface area (Å²) in [4.78, 5) is 22.4. The summed E-state index contributed by atoms with van der Waals surface area (Å²) in [5, 5.41) is 14.8. The first-order chi connectivity index (χ1) is 8.13. The molecule has 0 radical (unpaired) electrons. The first-order valence-electron chi connectivity index (χ1n) is 5.92. The maximum Gasteiger partial charge on any atom is 0.326 e. The Labute approximate surface area is 106 Å². The van der Waals surface area contributed by atoms with Crippen LogP contribution in [-0.2, 0) is 9.59 Å². The van der Waals surface area contributed by atoms with E-state index >= 15 is 0 Å². The van der Waals surface area contributed by atoms with Crippen molar-refractivity contribution >= 4 is 23.5 Å². The van der Waals surface area contributed by atoms with Crippen LogP contribution < -0.4 is 10.6 Å². The highest BCUT2D eigenvalue weighted by molar-refractivity contribution is 6.18. The van der Waals surface area contributed by atoms with Crippen molar-refractivity contribution < 1.29 is 14.7 Å². The molecule has 0 aromatic carbocycles. The summed E-state index contributed by atoms with van der Waals surface area (Å²) in [6.07, 6.45) is 2.60. The molecule has 3 N–H and O–H groups in total. The molecule has 1 fully saturated rings. The number of rotatable bonds is 6. The molecule has 1 unspecified atom stereocenters. The van der Waals surface area contributed by atoms with E-state index in [0.29, 0.717) is 12.3 Å². The first kappa shape index (κ1) is 14.3. The molecule has 6 heteroatoms. The van der Waals surface area contributed by atoms with Crippen LogP contribution in [-0.4, -0.2) is 42.0 Å². The smallest absolute Gasteiger partial charge is 0.326 e. The number of hydrogen-bond acceptors (Lipinski definition) is 3. The normalized spacial score (nSPS) is 18.6. The lowest BCUT2D eigenvalue weighted by Gasteiger charge is -2.25. The summed E-state index contributed by atoms with van der Waals surface area (Å²) in [6, 6.07) is -0.784. The van der Waals surface area contributed by atoms with Gasteiger partial charge in [-0.1, -0.05) is 0 Å². The number of piperidine rings is 1. The van der Waals surface area contributed by atoms with Gasteiger partial charge in [0.2, 0.25) is 5.91 Å². The summed E-state index contributed by atoms with van der Waals surface area (Å²) < 4.78 is 0. The number of carboxylic acids is 1. The lowest BCUT2D eigenvalue weighted by Crippen LogP contribution is -2.43. The van der Waals surface area contributed by atoms with Gasteiger partial charge in [-0.05, 0) is 38.3 Å². The van der Waals surface area contributed by atoms with Gasteiger partial charge in [0.05, 0.1) is 0 Å². The number of carbonyl (C=O) groups excluding carboxylic acids is 1. The molecule has 17 heavy (non-hydrogen) atoms. The van der Waals surface area contributed by atoms with Crippen molar-refractivity contribution in [3.8, 4) is 0 Å². The van der Waals surface area contributed by atoms with Gasteiger partial charge in [0.15, 0.2) is 0 Å². The number of carboxylic acid groups (broad SMARTS) is 1. The molecule has 0 aromatic heterocycles. The fourth-order valence-corrected chi connectivity index (χ4v) is 2.20. The second-order valence-corrected chi connectivity index (χ2v) is 4.70. The largest absolute Gasteiger partial charge is 0.480 e. The van der Waals surface area contributed by atoms with E-state index in [1.165, 1.54) is 0 Å². The molecular weight excluding hydrogens is 244 g/mol. The molecule has 0 saturated carbocycles. The van der Waals surface area contributed by atoms with Crippen LogP contribution in [0.4, 0.5) is 0 Å². The zero-order valence-corrected chi connectivity index (χ0v) is 10.5. The van der Waals surface area contributed by atoms with Crippen molar-refractivity contribution in [2.24, 2.45) is 5.92 Å². The second-order valence-electron chi connectivity index (χ2n) is 4.33. The quantitative estimate of drug-likeness (QED) is 0.612. The van der Waals surface area contributed by atoms with Crippen molar-refractivity contribution in [2.45, 2.75) is 31.7 Å². The maximum atomic E-state index is 11.3. The fourth-order valence-electron chi connectivity index (χ4n) is 2.02. The zero-order chi connectivity index (χ0) is 12.7. The molecule has 1 rings (SSSR count). The summed E-state index contributed by atoms with van der Waals surface area (Å²) >= 11 is 5.43. The predicted molar refractivity (Wildman–Crippen MR) is 65.1 cm³/mol. The van der Waals surface area contributed by atoms with E-state index in [-0.39, 0.29) is 18.2 Å². The number of halogens is 1. The van der Waals surface area contributed by atoms with Crippen LogP contribution in [0.15, 0.2) is 0 Å². The molecular formula is C11H19ClN2O3. The molecule has 1 aliphatic rings. The van der Waals surface area contributed by atoms with Gasteiger partial charge in [-0.15, -0.1) is 11.6 Å². The molecule has 1 aliphatic heterocycles. The molecule has 1 heterocycles. The Kier molecular flexibility index (Phi) is 6.29. The van der Waals surface area contributed by atoms with E-state index in [9.17, 15) is 9.59 Å². The van der Waals surface area contributed by atoms with Gasteiger partial charge in [-0.2, -0.15) is 0 Å². The minimum atomic E-state index is -0.966. The van der Waals surface area contributed by atoms with E-state index in [0.717, 1.165) is 25.9 Å². The van der Waals surface area contributed by atoms with Crippen LogP contribution in [0.2, 0.25) is 0 Å². The van der Waals surface area contributed by atoms with Crippen molar-refractivity contribution in [2.75, 3.05) is 19.0 Å². The Morgan fingerprint density at radius 2 is 2.06 bits per heavy atom. The van der Waals surface area contributed by atoms with Crippen LogP contribution in [0.5, 0.6) is 0 Å². The Hall–Kier alpha value is -0.810. The second kappa shape index (κ2) is 7.50. The van der Waals surface area contributed by atoms with Crippen LogP contribution in [0, 0.1) is 5.92 Å². The predicted octanol–water partition coefficient (Wildman–Crippen LogP) is 0.574. The summed E-state index contributed by atoms with van der Waals surface area (Å²) in [6.45, 7) is 1.85. The van der Waals surface area contributed by atoms with Gasteiger partial charge in [-0.25, -0.2) is 4.79 Å². The molecule has 1 amide bonds. The average molecular weight is 263 g/mol. The summed E-state index contributed by atoms with van der Waals surface area (Å²) in [5.41, 5.74) is 0. The third kappa shape index (κ3) is 5.37. The molecule has 5 nitrogen and oxygen atoms in total. The number of hydrogen-bond donors (Lipinski definition) is 3. The topological polar surface area (TPSA) is 78.4 Å². The highest BCUT2D eigenvalue weighted by Crippen LogP contribution is 2.18. The van der Waals surface area contributed by atoms with Crippen molar-refractivity contribution in [3.05, 3.63) is 0 Å². The van der Waals surface area contributed by atoms with Crippen LogP contribution >= 0.6 is 11.6 Å². The lowest BCUT2D eigenvalue weighted by molar-refractivity contribution is -0.142. The lowest BCUT2D eigenvalue weighted by atomic mass is 9.91. The van der Waals surface area contributed by atoms with Crippen molar-refractivity contribution in [1.82, 2.24) is 10.6 Å². The minimum absolute atomic E-state index is 0.164. The van der Waals surface area contributed by atoms with Crippen LogP contribution in [0.1, 0.15) is 25.7 Å². The molecule has 0 aliphatic carbocycles. The Bertz CT molecular complexity index is 267. The number of carbonyl (C=O) groups is 2. The van der Waals surface area contributed by atoms with Gasteiger partial charge < -0.3 is 15.7 Å². The molecule has 0 spiro atoms. The molecule has 1 saturated heterocycles. The van der Waals surface area contributed by atoms with E-state index in [1.807, 2.05) is 0 Å². The molecule has 1 atom stereocenters. The highest BCUT2D eigenvalue weighted by atomic mass is 35.5. The standard InChI is InChI=1S/C11H19ClN2O3/c12-4-1-10(15)14-9(11(16)17)7-8-2-5-13-6-3-8/h8-9,13H,1-7H2,(H,14,15)(H,16,17).